The van der Waals surface area contributed by atoms with E-state index in [0.717, 1.165) is 18.5 Å². The fourth-order valence-electron chi connectivity index (χ4n) is 2.57. The van der Waals surface area contributed by atoms with Crippen LogP contribution in [0.1, 0.15) is 40.9 Å². The summed E-state index contributed by atoms with van der Waals surface area (Å²) in [5.74, 6) is 0. The van der Waals surface area contributed by atoms with Crippen LogP contribution in [0.15, 0.2) is 36.5 Å². The third-order valence-corrected chi connectivity index (χ3v) is 3.81. The van der Waals surface area contributed by atoms with E-state index in [1.165, 1.54) is 22.3 Å². The second-order valence-electron chi connectivity index (χ2n) is 5.43. The summed E-state index contributed by atoms with van der Waals surface area (Å²) in [5, 5.41) is 3.39. The van der Waals surface area contributed by atoms with Crippen LogP contribution in [-0.2, 0) is 12.8 Å². The van der Waals surface area contributed by atoms with Gasteiger partial charge in [-0.2, -0.15) is 0 Å². The highest BCUT2D eigenvalue weighted by Crippen LogP contribution is 2.20. The Balaban J connectivity index is 2.19. The van der Waals surface area contributed by atoms with Crippen molar-refractivity contribution in [2.45, 2.75) is 39.7 Å². The van der Waals surface area contributed by atoms with Gasteiger partial charge in [0.2, 0.25) is 0 Å². The van der Waals surface area contributed by atoms with Gasteiger partial charge in [-0.1, -0.05) is 37.3 Å². The standard InChI is InChI=1S/C18H24N2/c1-5-15-6-8-16(9-7-15)11-17(19-4)18-14(3)10-13(2)12-20-18/h6-10,12,17,19H,5,11H2,1-4H3. The van der Waals surface area contributed by atoms with Crippen LogP contribution in [0.4, 0.5) is 0 Å². The summed E-state index contributed by atoms with van der Waals surface area (Å²) in [6.07, 6.45) is 4.01. The maximum absolute atomic E-state index is 4.62. The summed E-state index contributed by atoms with van der Waals surface area (Å²) in [7, 11) is 2.01. The fourth-order valence-corrected chi connectivity index (χ4v) is 2.57. The van der Waals surface area contributed by atoms with Gasteiger partial charge in [-0.3, -0.25) is 4.98 Å². The van der Waals surface area contributed by atoms with Crippen molar-refractivity contribution in [3.8, 4) is 0 Å². The zero-order chi connectivity index (χ0) is 14.5. The van der Waals surface area contributed by atoms with Gasteiger partial charge in [-0.25, -0.2) is 0 Å². The van der Waals surface area contributed by atoms with E-state index in [1.807, 2.05) is 13.2 Å². The minimum atomic E-state index is 0.267. The summed E-state index contributed by atoms with van der Waals surface area (Å²) in [6, 6.07) is 11.4. The Morgan fingerprint density at radius 2 is 1.75 bits per heavy atom. The SMILES string of the molecule is CCc1ccc(CC(NC)c2ncc(C)cc2C)cc1. The smallest absolute Gasteiger partial charge is 0.0605 e. The van der Waals surface area contributed by atoms with Gasteiger partial charge >= 0.3 is 0 Å². The molecule has 2 heteroatoms. The first-order valence-corrected chi connectivity index (χ1v) is 7.32. The number of aromatic nitrogens is 1. The highest BCUT2D eigenvalue weighted by atomic mass is 14.9. The lowest BCUT2D eigenvalue weighted by molar-refractivity contribution is 0.572. The molecule has 2 nitrogen and oxygen atoms in total. The second-order valence-corrected chi connectivity index (χ2v) is 5.43. The molecule has 0 radical (unpaired) electrons. The number of nitrogens with zero attached hydrogens (tertiary/aromatic N) is 1. The molecule has 0 saturated heterocycles. The van der Waals surface area contributed by atoms with Crippen LogP contribution >= 0.6 is 0 Å². The Bertz CT molecular complexity index is 558. The fraction of sp³-hybridized carbons (Fsp3) is 0.389. The number of hydrogen-bond acceptors (Lipinski definition) is 2. The zero-order valence-corrected chi connectivity index (χ0v) is 12.9. The van der Waals surface area contributed by atoms with Crippen LogP contribution in [-0.4, -0.2) is 12.0 Å². The molecule has 0 aliphatic rings. The van der Waals surface area contributed by atoms with Crippen molar-refractivity contribution in [3.63, 3.8) is 0 Å². The lowest BCUT2D eigenvalue weighted by Crippen LogP contribution is -2.21. The monoisotopic (exact) mass is 268 g/mol. The third kappa shape index (κ3) is 3.45. The largest absolute Gasteiger partial charge is 0.311 e. The van der Waals surface area contributed by atoms with E-state index < -0.39 is 0 Å². The van der Waals surface area contributed by atoms with Crippen molar-refractivity contribution >= 4 is 0 Å². The van der Waals surface area contributed by atoms with Crippen molar-refractivity contribution in [3.05, 3.63) is 64.5 Å². The number of nitrogens with one attached hydrogen (secondary N) is 1. The second kappa shape index (κ2) is 6.67. The van der Waals surface area contributed by atoms with E-state index in [1.54, 1.807) is 0 Å². The van der Waals surface area contributed by atoms with Crippen LogP contribution in [0.25, 0.3) is 0 Å². The molecular formula is C18H24N2. The predicted molar refractivity (Wildman–Crippen MR) is 85.0 cm³/mol. The topological polar surface area (TPSA) is 24.9 Å². The van der Waals surface area contributed by atoms with Gasteiger partial charge in [0.1, 0.15) is 0 Å². The van der Waals surface area contributed by atoms with Gasteiger partial charge in [-0.05, 0) is 56.0 Å². The van der Waals surface area contributed by atoms with Crippen LogP contribution < -0.4 is 5.32 Å². The number of pyridine rings is 1. The molecule has 0 saturated carbocycles. The molecule has 106 valence electrons. The summed E-state index contributed by atoms with van der Waals surface area (Å²) in [6.45, 7) is 6.41. The normalized spacial score (nSPS) is 12.4. The quantitative estimate of drug-likeness (QED) is 0.893. The van der Waals surface area contributed by atoms with Crippen molar-refractivity contribution in [2.75, 3.05) is 7.05 Å². The minimum Gasteiger partial charge on any atom is -0.311 e. The summed E-state index contributed by atoms with van der Waals surface area (Å²) in [5.41, 5.74) is 6.36. The zero-order valence-electron chi connectivity index (χ0n) is 12.9. The van der Waals surface area contributed by atoms with Crippen LogP contribution in [0.2, 0.25) is 0 Å². The molecule has 0 bridgehead atoms. The Morgan fingerprint density at radius 3 is 2.30 bits per heavy atom. The molecule has 1 aromatic heterocycles. The van der Waals surface area contributed by atoms with E-state index in [9.17, 15) is 0 Å². The Morgan fingerprint density at radius 1 is 1.10 bits per heavy atom. The average molecular weight is 268 g/mol. The highest BCUT2D eigenvalue weighted by molar-refractivity contribution is 5.29. The molecule has 1 unspecified atom stereocenters. The molecule has 0 amide bonds. The Hall–Kier alpha value is -1.67. The molecule has 0 aliphatic heterocycles. The van der Waals surface area contributed by atoms with Gasteiger partial charge in [0.15, 0.2) is 0 Å². The third-order valence-electron chi connectivity index (χ3n) is 3.81. The number of aryl methyl sites for hydroxylation is 3. The molecule has 0 aliphatic carbocycles. The van der Waals surface area contributed by atoms with Crippen molar-refractivity contribution < 1.29 is 0 Å². The molecule has 1 aromatic carbocycles. The van der Waals surface area contributed by atoms with Gasteiger partial charge in [0, 0.05) is 6.20 Å². The molecule has 0 spiro atoms. The maximum atomic E-state index is 4.62. The molecule has 20 heavy (non-hydrogen) atoms. The lowest BCUT2D eigenvalue weighted by atomic mass is 9.98. The van der Waals surface area contributed by atoms with Crippen LogP contribution in [0, 0.1) is 13.8 Å². The lowest BCUT2D eigenvalue weighted by Gasteiger charge is -2.18. The Kier molecular flexibility index (Phi) is 4.91. The van der Waals surface area contributed by atoms with Crippen LogP contribution in [0.5, 0.6) is 0 Å². The van der Waals surface area contributed by atoms with Gasteiger partial charge in [0.05, 0.1) is 11.7 Å². The minimum absolute atomic E-state index is 0.267. The van der Waals surface area contributed by atoms with Crippen molar-refractivity contribution in [1.29, 1.82) is 0 Å². The number of rotatable bonds is 5. The number of benzene rings is 1. The van der Waals surface area contributed by atoms with Gasteiger partial charge in [-0.15, -0.1) is 0 Å². The molecule has 1 atom stereocenters. The summed E-state index contributed by atoms with van der Waals surface area (Å²) >= 11 is 0. The summed E-state index contributed by atoms with van der Waals surface area (Å²) < 4.78 is 0. The maximum Gasteiger partial charge on any atom is 0.0605 e. The van der Waals surface area contributed by atoms with Crippen molar-refractivity contribution in [1.82, 2.24) is 10.3 Å². The van der Waals surface area contributed by atoms with E-state index in [-0.39, 0.29) is 6.04 Å². The Labute approximate surface area is 122 Å². The molecule has 1 heterocycles. The predicted octanol–water partition coefficient (Wildman–Crippen LogP) is 3.76. The van der Waals surface area contributed by atoms with E-state index >= 15 is 0 Å². The van der Waals surface area contributed by atoms with Gasteiger partial charge < -0.3 is 5.32 Å². The first-order chi connectivity index (χ1) is 9.63. The van der Waals surface area contributed by atoms with Crippen LogP contribution in [0.3, 0.4) is 0 Å². The first kappa shape index (κ1) is 14.7. The number of likely N-dealkylation sites (N-methyl/N-ethyl adjacent to an activating group) is 1. The van der Waals surface area contributed by atoms with Crippen molar-refractivity contribution in [2.24, 2.45) is 0 Å². The highest BCUT2D eigenvalue weighted by Gasteiger charge is 2.14. The molecular weight excluding hydrogens is 244 g/mol. The molecule has 2 rings (SSSR count). The van der Waals surface area contributed by atoms with E-state index in [4.69, 9.17) is 0 Å². The number of hydrogen-bond donors (Lipinski definition) is 1. The molecule has 1 N–H and O–H groups in total. The average Bonchev–Trinajstić information content (AvgIpc) is 2.46. The van der Waals surface area contributed by atoms with Gasteiger partial charge in [0.25, 0.3) is 0 Å². The summed E-state index contributed by atoms with van der Waals surface area (Å²) in [4.78, 5) is 4.62. The van der Waals surface area contributed by atoms with E-state index in [2.05, 4.69) is 61.4 Å². The van der Waals surface area contributed by atoms with E-state index in [0.29, 0.717) is 0 Å². The molecule has 2 aromatic rings. The first-order valence-electron chi connectivity index (χ1n) is 7.32. The molecule has 0 fully saturated rings.